The lowest BCUT2D eigenvalue weighted by atomic mass is 10.0. The molecule has 0 unspecified atom stereocenters. The van der Waals surface area contributed by atoms with Gasteiger partial charge in [0.05, 0.1) is 5.54 Å². The Morgan fingerprint density at radius 3 is 3.06 bits per heavy atom. The molecule has 0 radical (unpaired) electrons. The molecular formula is C12H13ClN2S. The van der Waals surface area contributed by atoms with E-state index in [9.17, 15) is 0 Å². The highest BCUT2D eigenvalue weighted by molar-refractivity contribution is 8.13. The summed E-state index contributed by atoms with van der Waals surface area (Å²) in [6.45, 7) is 0. The minimum atomic E-state index is -0.105. The Balaban J connectivity index is 2.06. The van der Waals surface area contributed by atoms with Gasteiger partial charge in [0.25, 0.3) is 0 Å². The van der Waals surface area contributed by atoms with E-state index in [1.165, 1.54) is 6.42 Å². The Labute approximate surface area is 104 Å². The first-order valence-electron chi connectivity index (χ1n) is 5.45. The monoisotopic (exact) mass is 252 g/mol. The SMILES string of the molecule is NC1=N[C@@]2(c3ccccc3Cl)C[C@H]2CCS1. The zero-order chi connectivity index (χ0) is 11.2. The average Bonchev–Trinajstić information content (AvgIpc) is 2.93. The summed E-state index contributed by atoms with van der Waals surface area (Å²) in [6, 6.07) is 7.99. The number of fused-ring (bicyclic) bond motifs is 1. The summed E-state index contributed by atoms with van der Waals surface area (Å²) in [4.78, 5) is 4.69. The first-order chi connectivity index (χ1) is 7.72. The van der Waals surface area contributed by atoms with Crippen molar-refractivity contribution in [2.45, 2.75) is 18.4 Å². The Morgan fingerprint density at radius 2 is 2.25 bits per heavy atom. The van der Waals surface area contributed by atoms with Crippen LogP contribution in [0.25, 0.3) is 0 Å². The maximum atomic E-state index is 6.26. The third-order valence-corrected chi connectivity index (χ3v) is 4.60. The average molecular weight is 253 g/mol. The van der Waals surface area contributed by atoms with Crippen molar-refractivity contribution >= 4 is 28.5 Å². The molecule has 84 valence electrons. The molecule has 0 spiro atoms. The van der Waals surface area contributed by atoms with Crippen molar-refractivity contribution in [2.75, 3.05) is 5.75 Å². The quantitative estimate of drug-likeness (QED) is 0.835. The van der Waals surface area contributed by atoms with Crippen LogP contribution in [0.5, 0.6) is 0 Å². The van der Waals surface area contributed by atoms with Crippen molar-refractivity contribution in [3.63, 3.8) is 0 Å². The molecule has 2 aliphatic rings. The smallest absolute Gasteiger partial charge is 0.154 e. The summed E-state index contributed by atoms with van der Waals surface area (Å²) < 4.78 is 0. The van der Waals surface area contributed by atoms with E-state index in [4.69, 9.17) is 17.3 Å². The van der Waals surface area contributed by atoms with Crippen LogP contribution in [0.3, 0.4) is 0 Å². The number of nitrogens with zero attached hydrogens (tertiary/aromatic N) is 1. The summed E-state index contributed by atoms with van der Waals surface area (Å²) >= 11 is 7.91. The number of thioether (sulfide) groups is 1. The fourth-order valence-corrected chi connectivity index (χ4v) is 3.67. The summed E-state index contributed by atoms with van der Waals surface area (Å²) in [5, 5.41) is 1.52. The maximum absolute atomic E-state index is 6.26. The van der Waals surface area contributed by atoms with Crippen LogP contribution in [-0.4, -0.2) is 10.9 Å². The molecule has 3 rings (SSSR count). The van der Waals surface area contributed by atoms with Crippen LogP contribution in [-0.2, 0) is 5.54 Å². The van der Waals surface area contributed by atoms with Gasteiger partial charge in [-0.05, 0) is 30.4 Å². The molecule has 2 nitrogen and oxygen atoms in total. The Hall–Kier alpha value is -0.670. The maximum Gasteiger partial charge on any atom is 0.154 e. The van der Waals surface area contributed by atoms with Gasteiger partial charge >= 0.3 is 0 Å². The molecule has 2 N–H and O–H groups in total. The van der Waals surface area contributed by atoms with E-state index in [1.54, 1.807) is 11.8 Å². The lowest BCUT2D eigenvalue weighted by Crippen LogP contribution is -2.13. The van der Waals surface area contributed by atoms with E-state index in [-0.39, 0.29) is 5.54 Å². The summed E-state index contributed by atoms with van der Waals surface area (Å²) in [5.41, 5.74) is 6.93. The van der Waals surface area contributed by atoms with E-state index < -0.39 is 0 Å². The molecule has 4 heteroatoms. The molecular weight excluding hydrogens is 240 g/mol. The van der Waals surface area contributed by atoms with E-state index in [0.717, 1.165) is 22.8 Å². The minimum Gasteiger partial charge on any atom is -0.379 e. The number of amidine groups is 1. The predicted molar refractivity (Wildman–Crippen MR) is 69.9 cm³/mol. The number of halogens is 1. The minimum absolute atomic E-state index is 0.105. The Morgan fingerprint density at radius 1 is 1.44 bits per heavy atom. The molecule has 0 saturated heterocycles. The van der Waals surface area contributed by atoms with E-state index in [1.807, 2.05) is 18.2 Å². The fraction of sp³-hybridized carbons (Fsp3) is 0.417. The molecule has 1 heterocycles. The molecule has 1 aliphatic carbocycles. The zero-order valence-electron chi connectivity index (χ0n) is 8.82. The number of nitrogens with two attached hydrogens (primary N) is 1. The van der Waals surface area contributed by atoms with Gasteiger partial charge in [-0.3, -0.25) is 4.99 Å². The molecule has 0 bridgehead atoms. The van der Waals surface area contributed by atoms with Crippen LogP contribution >= 0.6 is 23.4 Å². The number of rotatable bonds is 1. The van der Waals surface area contributed by atoms with Crippen molar-refractivity contribution in [2.24, 2.45) is 16.6 Å². The van der Waals surface area contributed by atoms with Crippen LogP contribution in [0, 0.1) is 5.92 Å². The van der Waals surface area contributed by atoms with Gasteiger partial charge in [-0.25, -0.2) is 0 Å². The van der Waals surface area contributed by atoms with Crippen LogP contribution in [0.15, 0.2) is 29.3 Å². The van der Waals surface area contributed by atoms with E-state index in [0.29, 0.717) is 11.1 Å². The molecule has 1 fully saturated rings. The molecule has 2 atom stereocenters. The Bertz CT molecular complexity index is 460. The highest BCUT2D eigenvalue weighted by Gasteiger charge is 2.56. The van der Waals surface area contributed by atoms with Gasteiger partial charge < -0.3 is 5.73 Å². The third kappa shape index (κ3) is 1.54. The zero-order valence-corrected chi connectivity index (χ0v) is 10.4. The summed E-state index contributed by atoms with van der Waals surface area (Å²) in [7, 11) is 0. The highest BCUT2D eigenvalue weighted by Crippen LogP contribution is 2.60. The van der Waals surface area contributed by atoms with E-state index >= 15 is 0 Å². The summed E-state index contributed by atoms with van der Waals surface area (Å²) in [6.07, 6.45) is 2.28. The second-order valence-electron chi connectivity index (χ2n) is 4.39. The fourth-order valence-electron chi connectivity index (χ4n) is 2.53. The van der Waals surface area contributed by atoms with Crippen LogP contribution in [0.2, 0.25) is 5.02 Å². The van der Waals surface area contributed by atoms with Crippen molar-refractivity contribution < 1.29 is 0 Å². The van der Waals surface area contributed by atoms with Crippen LogP contribution in [0.1, 0.15) is 18.4 Å². The molecule has 1 aliphatic heterocycles. The van der Waals surface area contributed by atoms with E-state index in [2.05, 4.69) is 11.1 Å². The lowest BCUT2D eigenvalue weighted by molar-refractivity contribution is 0.626. The summed E-state index contributed by atoms with van der Waals surface area (Å²) in [5.74, 6) is 1.70. The van der Waals surface area contributed by atoms with Gasteiger partial charge in [0.1, 0.15) is 0 Å². The Kier molecular flexibility index (Phi) is 2.41. The number of benzene rings is 1. The molecule has 1 aromatic carbocycles. The topological polar surface area (TPSA) is 38.4 Å². The number of hydrogen-bond donors (Lipinski definition) is 1. The first kappa shape index (κ1) is 10.5. The van der Waals surface area contributed by atoms with Gasteiger partial charge in [-0.15, -0.1) is 0 Å². The van der Waals surface area contributed by atoms with Crippen molar-refractivity contribution in [3.8, 4) is 0 Å². The molecule has 16 heavy (non-hydrogen) atoms. The highest BCUT2D eigenvalue weighted by atomic mass is 35.5. The van der Waals surface area contributed by atoms with Gasteiger partial charge in [-0.2, -0.15) is 0 Å². The molecule has 0 amide bonds. The van der Waals surface area contributed by atoms with Crippen molar-refractivity contribution in [3.05, 3.63) is 34.9 Å². The predicted octanol–water partition coefficient (Wildman–Crippen LogP) is 3.01. The van der Waals surface area contributed by atoms with Crippen molar-refractivity contribution in [1.29, 1.82) is 0 Å². The number of hydrogen-bond acceptors (Lipinski definition) is 3. The van der Waals surface area contributed by atoms with Gasteiger partial charge in [-0.1, -0.05) is 41.6 Å². The standard InChI is InChI=1S/C12H13ClN2S/c13-10-4-2-1-3-9(10)12-7-8(12)5-6-16-11(14)15-12/h1-4,8H,5-7H2,(H2,14,15)/t8-,12+/m1/s1. The van der Waals surface area contributed by atoms with Gasteiger partial charge in [0, 0.05) is 10.8 Å². The van der Waals surface area contributed by atoms with Gasteiger partial charge in [0.15, 0.2) is 5.17 Å². The number of aliphatic imine (C=N–C) groups is 1. The molecule has 0 aromatic heterocycles. The normalized spacial score (nSPS) is 32.6. The van der Waals surface area contributed by atoms with Gasteiger partial charge in [0.2, 0.25) is 0 Å². The van der Waals surface area contributed by atoms with Crippen LogP contribution in [0.4, 0.5) is 0 Å². The van der Waals surface area contributed by atoms with Crippen molar-refractivity contribution in [1.82, 2.24) is 0 Å². The first-order valence-corrected chi connectivity index (χ1v) is 6.82. The second kappa shape index (κ2) is 3.67. The largest absolute Gasteiger partial charge is 0.379 e. The third-order valence-electron chi connectivity index (χ3n) is 3.44. The van der Waals surface area contributed by atoms with Crippen LogP contribution < -0.4 is 5.73 Å². The second-order valence-corrected chi connectivity index (χ2v) is 5.91. The molecule has 1 aromatic rings. The lowest BCUT2D eigenvalue weighted by Gasteiger charge is -2.13. The molecule has 1 saturated carbocycles.